The van der Waals surface area contributed by atoms with Crippen LogP contribution in [0.3, 0.4) is 0 Å². The lowest BCUT2D eigenvalue weighted by Crippen LogP contribution is -2.27. The van der Waals surface area contributed by atoms with Gasteiger partial charge in [0.2, 0.25) is 5.43 Å². The van der Waals surface area contributed by atoms with E-state index in [9.17, 15) is 9.90 Å². The maximum atomic E-state index is 11.7. The summed E-state index contributed by atoms with van der Waals surface area (Å²) in [5, 5.41) is 18.6. The number of aliphatic hydroxyl groups is 1. The van der Waals surface area contributed by atoms with E-state index >= 15 is 0 Å². The minimum absolute atomic E-state index is 0.0841. The second-order valence-corrected chi connectivity index (χ2v) is 5.55. The molecule has 126 valence electrons. The SMILES string of the molecule is CCN(CC)CCCn1cc(O)c(=O)cc1CN(C)CCO. The molecule has 2 N–H and O–H groups in total. The van der Waals surface area contributed by atoms with E-state index in [0.717, 1.165) is 38.3 Å². The summed E-state index contributed by atoms with van der Waals surface area (Å²) in [7, 11) is 1.90. The van der Waals surface area contributed by atoms with Crippen molar-refractivity contribution in [1.29, 1.82) is 0 Å². The van der Waals surface area contributed by atoms with Gasteiger partial charge in [0.1, 0.15) is 0 Å². The summed E-state index contributed by atoms with van der Waals surface area (Å²) in [6.45, 7) is 9.29. The zero-order chi connectivity index (χ0) is 16.5. The van der Waals surface area contributed by atoms with Gasteiger partial charge in [0.15, 0.2) is 5.75 Å². The van der Waals surface area contributed by atoms with Crippen molar-refractivity contribution >= 4 is 0 Å². The van der Waals surface area contributed by atoms with E-state index in [4.69, 9.17) is 5.11 Å². The second-order valence-electron chi connectivity index (χ2n) is 5.55. The van der Waals surface area contributed by atoms with Crippen molar-refractivity contribution in [1.82, 2.24) is 14.4 Å². The molecule has 1 aromatic rings. The van der Waals surface area contributed by atoms with Crippen molar-refractivity contribution in [3.05, 3.63) is 28.2 Å². The van der Waals surface area contributed by atoms with Gasteiger partial charge in [0, 0.05) is 31.4 Å². The molecule has 0 saturated carbocycles. The normalized spacial score (nSPS) is 11.5. The Morgan fingerprint density at radius 2 is 1.91 bits per heavy atom. The monoisotopic (exact) mass is 311 g/mol. The Hall–Kier alpha value is -1.37. The van der Waals surface area contributed by atoms with Crippen LogP contribution in [0.1, 0.15) is 26.0 Å². The second kappa shape index (κ2) is 9.61. The molecule has 22 heavy (non-hydrogen) atoms. The van der Waals surface area contributed by atoms with Crippen molar-refractivity contribution in [3.8, 4) is 5.75 Å². The van der Waals surface area contributed by atoms with Gasteiger partial charge < -0.3 is 19.7 Å². The summed E-state index contributed by atoms with van der Waals surface area (Å²) in [5.74, 6) is -0.212. The first-order valence-electron chi connectivity index (χ1n) is 7.95. The van der Waals surface area contributed by atoms with Crippen LogP contribution in [-0.2, 0) is 13.1 Å². The molecule has 0 unspecified atom stereocenters. The predicted molar refractivity (Wildman–Crippen MR) is 88.2 cm³/mol. The van der Waals surface area contributed by atoms with Crippen LogP contribution in [0.5, 0.6) is 5.75 Å². The zero-order valence-corrected chi connectivity index (χ0v) is 14.0. The lowest BCUT2D eigenvalue weighted by Gasteiger charge is -2.21. The van der Waals surface area contributed by atoms with Gasteiger partial charge in [-0.05, 0) is 33.1 Å². The highest BCUT2D eigenvalue weighted by Gasteiger charge is 2.09. The number of pyridine rings is 1. The zero-order valence-electron chi connectivity index (χ0n) is 14.0. The van der Waals surface area contributed by atoms with Crippen LogP contribution in [0.2, 0.25) is 0 Å². The third-order valence-electron chi connectivity index (χ3n) is 3.88. The molecule has 0 amide bonds. The first-order valence-corrected chi connectivity index (χ1v) is 7.95. The Kier molecular flexibility index (Phi) is 8.16. The van der Waals surface area contributed by atoms with E-state index in [1.54, 1.807) is 0 Å². The van der Waals surface area contributed by atoms with Gasteiger partial charge in [-0.2, -0.15) is 0 Å². The Bertz CT molecular complexity index is 498. The highest BCUT2D eigenvalue weighted by atomic mass is 16.3. The summed E-state index contributed by atoms with van der Waals surface area (Å²) in [6.07, 6.45) is 2.48. The minimum atomic E-state index is -0.354. The van der Waals surface area contributed by atoms with Crippen molar-refractivity contribution in [3.63, 3.8) is 0 Å². The minimum Gasteiger partial charge on any atom is -0.503 e. The molecule has 0 spiro atoms. The Morgan fingerprint density at radius 3 is 2.50 bits per heavy atom. The van der Waals surface area contributed by atoms with E-state index in [-0.39, 0.29) is 17.8 Å². The highest BCUT2D eigenvalue weighted by molar-refractivity contribution is 5.20. The van der Waals surface area contributed by atoms with Crippen molar-refractivity contribution in [2.75, 3.05) is 39.8 Å². The topological polar surface area (TPSA) is 68.9 Å². The molecule has 1 heterocycles. The number of hydrogen-bond acceptors (Lipinski definition) is 5. The Balaban J connectivity index is 2.78. The fourth-order valence-electron chi connectivity index (χ4n) is 2.48. The molecular weight excluding hydrogens is 282 g/mol. The van der Waals surface area contributed by atoms with E-state index < -0.39 is 0 Å². The quantitative estimate of drug-likeness (QED) is 0.666. The predicted octanol–water partition coefficient (Wildman–Crippen LogP) is 0.710. The highest BCUT2D eigenvalue weighted by Crippen LogP contribution is 2.09. The third kappa shape index (κ3) is 5.79. The van der Waals surface area contributed by atoms with E-state index in [0.29, 0.717) is 13.1 Å². The molecule has 0 saturated heterocycles. The van der Waals surface area contributed by atoms with Gasteiger partial charge in [0.05, 0.1) is 12.8 Å². The molecule has 0 aliphatic carbocycles. The molecule has 1 rings (SSSR count). The molecule has 0 atom stereocenters. The molecule has 0 aliphatic heterocycles. The molecule has 0 fully saturated rings. The molecular formula is C16H29N3O3. The smallest absolute Gasteiger partial charge is 0.223 e. The number of likely N-dealkylation sites (N-methyl/N-ethyl adjacent to an activating group) is 1. The number of aromatic nitrogens is 1. The Morgan fingerprint density at radius 1 is 1.23 bits per heavy atom. The van der Waals surface area contributed by atoms with E-state index in [2.05, 4.69) is 18.7 Å². The Labute approximate surface area is 132 Å². The van der Waals surface area contributed by atoms with Crippen LogP contribution in [0, 0.1) is 0 Å². The van der Waals surface area contributed by atoms with Crippen LogP contribution in [0.25, 0.3) is 0 Å². The summed E-state index contributed by atoms with van der Waals surface area (Å²) in [6, 6.07) is 1.49. The summed E-state index contributed by atoms with van der Waals surface area (Å²) in [5.41, 5.74) is 0.505. The molecule has 6 heteroatoms. The summed E-state index contributed by atoms with van der Waals surface area (Å²) in [4.78, 5) is 16.0. The summed E-state index contributed by atoms with van der Waals surface area (Å²) < 4.78 is 1.94. The molecule has 1 aromatic heterocycles. The average Bonchev–Trinajstić information content (AvgIpc) is 2.48. The van der Waals surface area contributed by atoms with Crippen molar-refractivity contribution in [2.24, 2.45) is 0 Å². The average molecular weight is 311 g/mol. The fraction of sp³-hybridized carbons (Fsp3) is 0.688. The number of hydrogen-bond donors (Lipinski definition) is 2. The van der Waals surface area contributed by atoms with Crippen molar-refractivity contribution in [2.45, 2.75) is 33.4 Å². The van der Waals surface area contributed by atoms with Crippen LogP contribution in [0.15, 0.2) is 17.1 Å². The first-order chi connectivity index (χ1) is 10.5. The van der Waals surface area contributed by atoms with Gasteiger partial charge in [-0.3, -0.25) is 9.69 Å². The largest absolute Gasteiger partial charge is 0.503 e. The van der Waals surface area contributed by atoms with Gasteiger partial charge in [0.25, 0.3) is 0 Å². The van der Waals surface area contributed by atoms with Gasteiger partial charge in [-0.15, -0.1) is 0 Å². The lowest BCUT2D eigenvalue weighted by atomic mass is 10.2. The standard InChI is InChI=1S/C16H29N3O3/c1-4-18(5-2)7-6-8-19-13-16(22)15(21)11-14(19)12-17(3)9-10-20/h11,13,20,22H,4-10,12H2,1-3H3. The molecule has 6 nitrogen and oxygen atoms in total. The van der Waals surface area contributed by atoms with Crippen LogP contribution in [0.4, 0.5) is 0 Å². The lowest BCUT2D eigenvalue weighted by molar-refractivity contribution is 0.213. The van der Waals surface area contributed by atoms with Gasteiger partial charge >= 0.3 is 0 Å². The first kappa shape index (κ1) is 18.7. The van der Waals surface area contributed by atoms with Gasteiger partial charge in [-0.1, -0.05) is 13.8 Å². The number of aliphatic hydroxyl groups excluding tert-OH is 1. The van der Waals surface area contributed by atoms with Crippen LogP contribution < -0.4 is 5.43 Å². The van der Waals surface area contributed by atoms with E-state index in [1.165, 1.54) is 12.3 Å². The van der Waals surface area contributed by atoms with Gasteiger partial charge in [-0.25, -0.2) is 0 Å². The summed E-state index contributed by atoms with van der Waals surface area (Å²) >= 11 is 0. The molecule has 0 aliphatic rings. The maximum absolute atomic E-state index is 11.7. The molecule has 0 bridgehead atoms. The fourth-order valence-corrected chi connectivity index (χ4v) is 2.48. The van der Waals surface area contributed by atoms with Crippen molar-refractivity contribution < 1.29 is 10.2 Å². The number of rotatable bonds is 10. The third-order valence-corrected chi connectivity index (χ3v) is 3.88. The molecule has 0 aromatic carbocycles. The number of aryl methyl sites for hydroxylation is 1. The number of aromatic hydroxyl groups is 1. The van der Waals surface area contributed by atoms with E-state index in [1.807, 2.05) is 16.5 Å². The van der Waals surface area contributed by atoms with Crippen LogP contribution >= 0.6 is 0 Å². The van der Waals surface area contributed by atoms with Crippen LogP contribution in [-0.4, -0.2) is 64.4 Å². The maximum Gasteiger partial charge on any atom is 0.223 e. The number of nitrogens with zero attached hydrogens (tertiary/aromatic N) is 3. The molecule has 0 radical (unpaired) electrons.